The number of aliphatic imine (C=N–C) groups is 1. The molecule has 6 heteroatoms. The maximum Gasteiger partial charge on any atom is 0.261 e. The fraction of sp³-hybridized carbons (Fsp3) is 0.125. The van der Waals surface area contributed by atoms with Crippen molar-refractivity contribution >= 4 is 29.6 Å². The zero-order chi connectivity index (χ0) is 15.7. The van der Waals surface area contributed by atoms with E-state index in [0.29, 0.717) is 16.9 Å². The topological polar surface area (TPSA) is 71.7 Å². The summed E-state index contributed by atoms with van der Waals surface area (Å²) in [5, 5.41) is 7.05. The summed E-state index contributed by atoms with van der Waals surface area (Å²) >= 11 is 0. The average molecular weight is 293 g/mol. The lowest BCUT2D eigenvalue weighted by atomic mass is 10.2. The van der Waals surface area contributed by atoms with Crippen molar-refractivity contribution < 1.29 is 4.79 Å². The van der Waals surface area contributed by atoms with E-state index >= 15 is 0 Å². The molecule has 1 N–H and O–H groups in total. The number of nitrogens with one attached hydrogen (secondary N) is 1. The highest BCUT2D eigenvalue weighted by Crippen LogP contribution is 2.18. The Morgan fingerprint density at radius 2 is 2.00 bits per heavy atom. The Labute approximate surface area is 127 Å². The van der Waals surface area contributed by atoms with Gasteiger partial charge in [-0.1, -0.05) is 0 Å². The standard InChI is InChI=1S/C16H15N5O/c1-10-8-11(2)21-15(19-10)14(9-18-21)16(22)20-13-6-4-12(17-3)5-7-13/h4-9H,3H2,1-2H3,(H,20,22). The van der Waals surface area contributed by atoms with Crippen molar-refractivity contribution in [2.45, 2.75) is 13.8 Å². The Bertz CT molecular complexity index is 864. The Balaban J connectivity index is 1.93. The van der Waals surface area contributed by atoms with Gasteiger partial charge in [0.25, 0.3) is 5.91 Å². The average Bonchev–Trinajstić information content (AvgIpc) is 2.92. The maximum atomic E-state index is 12.4. The molecule has 0 unspecified atom stereocenters. The molecule has 22 heavy (non-hydrogen) atoms. The molecule has 0 radical (unpaired) electrons. The van der Waals surface area contributed by atoms with Crippen LogP contribution in [0.4, 0.5) is 11.4 Å². The largest absolute Gasteiger partial charge is 0.322 e. The minimum Gasteiger partial charge on any atom is -0.322 e. The van der Waals surface area contributed by atoms with Gasteiger partial charge in [-0.2, -0.15) is 5.10 Å². The number of anilines is 1. The van der Waals surface area contributed by atoms with Gasteiger partial charge in [0.15, 0.2) is 5.65 Å². The Kier molecular flexibility index (Phi) is 3.42. The molecule has 3 rings (SSSR count). The van der Waals surface area contributed by atoms with Gasteiger partial charge >= 0.3 is 0 Å². The zero-order valence-corrected chi connectivity index (χ0v) is 12.4. The van der Waals surface area contributed by atoms with E-state index in [-0.39, 0.29) is 5.91 Å². The highest BCUT2D eigenvalue weighted by Gasteiger charge is 2.15. The van der Waals surface area contributed by atoms with Gasteiger partial charge in [-0.3, -0.25) is 9.79 Å². The first-order chi connectivity index (χ1) is 10.6. The van der Waals surface area contributed by atoms with Crippen molar-refractivity contribution in [2.24, 2.45) is 4.99 Å². The molecule has 0 fully saturated rings. The summed E-state index contributed by atoms with van der Waals surface area (Å²) in [5.41, 5.74) is 4.21. The summed E-state index contributed by atoms with van der Waals surface area (Å²) in [4.78, 5) is 20.6. The Morgan fingerprint density at radius 3 is 2.68 bits per heavy atom. The number of benzene rings is 1. The van der Waals surface area contributed by atoms with E-state index < -0.39 is 0 Å². The molecule has 2 heterocycles. The third kappa shape index (κ3) is 2.46. The number of fused-ring (bicyclic) bond motifs is 1. The lowest BCUT2D eigenvalue weighted by molar-refractivity contribution is 0.102. The van der Waals surface area contributed by atoms with E-state index in [9.17, 15) is 4.79 Å². The second-order valence-corrected chi connectivity index (χ2v) is 4.99. The predicted octanol–water partition coefficient (Wildman–Crippen LogP) is 2.93. The molecule has 1 aromatic carbocycles. The van der Waals surface area contributed by atoms with E-state index in [1.54, 1.807) is 28.8 Å². The van der Waals surface area contributed by atoms with Crippen LogP contribution in [-0.2, 0) is 0 Å². The lowest BCUT2D eigenvalue weighted by Gasteiger charge is -2.05. The van der Waals surface area contributed by atoms with Crippen LogP contribution in [0.3, 0.4) is 0 Å². The molecule has 0 spiro atoms. The summed E-state index contributed by atoms with van der Waals surface area (Å²) in [6, 6.07) is 9.04. The minimum atomic E-state index is -0.244. The Hall–Kier alpha value is -3.02. The van der Waals surface area contributed by atoms with Crippen molar-refractivity contribution in [1.29, 1.82) is 0 Å². The van der Waals surface area contributed by atoms with Crippen molar-refractivity contribution in [2.75, 3.05) is 5.32 Å². The summed E-state index contributed by atoms with van der Waals surface area (Å²) < 4.78 is 1.66. The molecule has 1 amide bonds. The highest BCUT2D eigenvalue weighted by molar-refractivity contribution is 6.08. The van der Waals surface area contributed by atoms with Gasteiger partial charge in [-0.05, 0) is 50.9 Å². The fourth-order valence-corrected chi connectivity index (χ4v) is 2.28. The number of nitrogens with zero attached hydrogens (tertiary/aromatic N) is 4. The third-order valence-electron chi connectivity index (χ3n) is 3.33. The van der Waals surface area contributed by atoms with Gasteiger partial charge < -0.3 is 5.32 Å². The molecular formula is C16H15N5O. The molecule has 0 bridgehead atoms. The van der Waals surface area contributed by atoms with Crippen LogP contribution in [0.25, 0.3) is 5.65 Å². The van der Waals surface area contributed by atoms with Gasteiger partial charge in [0.1, 0.15) is 5.56 Å². The molecule has 2 aromatic heterocycles. The van der Waals surface area contributed by atoms with Crippen LogP contribution in [-0.4, -0.2) is 27.2 Å². The van der Waals surface area contributed by atoms with Crippen LogP contribution < -0.4 is 5.32 Å². The van der Waals surface area contributed by atoms with Crippen LogP contribution in [0.15, 0.2) is 41.5 Å². The number of carbonyl (C=O) groups is 1. The van der Waals surface area contributed by atoms with Crippen LogP contribution >= 0.6 is 0 Å². The molecule has 0 aliphatic rings. The molecule has 0 aliphatic carbocycles. The molecule has 0 aliphatic heterocycles. The SMILES string of the molecule is C=Nc1ccc(NC(=O)c2cnn3c(C)cc(C)nc23)cc1. The number of aromatic nitrogens is 3. The zero-order valence-electron chi connectivity index (χ0n) is 12.4. The minimum absolute atomic E-state index is 0.244. The molecule has 110 valence electrons. The molecule has 0 saturated heterocycles. The molecule has 0 atom stereocenters. The molecule has 0 saturated carbocycles. The number of amides is 1. The first-order valence-corrected chi connectivity index (χ1v) is 6.78. The second-order valence-electron chi connectivity index (χ2n) is 4.99. The van der Waals surface area contributed by atoms with E-state index in [1.165, 1.54) is 6.20 Å². The maximum absolute atomic E-state index is 12.4. The van der Waals surface area contributed by atoms with Gasteiger partial charge in [0, 0.05) is 17.1 Å². The van der Waals surface area contributed by atoms with Crippen LogP contribution in [0.2, 0.25) is 0 Å². The monoisotopic (exact) mass is 293 g/mol. The normalized spacial score (nSPS) is 10.6. The van der Waals surface area contributed by atoms with Crippen LogP contribution in [0, 0.1) is 13.8 Å². The number of hydrogen-bond donors (Lipinski definition) is 1. The summed E-state index contributed by atoms with van der Waals surface area (Å²) in [6.07, 6.45) is 1.53. The number of aryl methyl sites for hydroxylation is 2. The predicted molar refractivity (Wildman–Crippen MR) is 86.1 cm³/mol. The van der Waals surface area contributed by atoms with Crippen LogP contribution in [0.1, 0.15) is 21.7 Å². The van der Waals surface area contributed by atoms with Crippen molar-refractivity contribution in [3.63, 3.8) is 0 Å². The first-order valence-electron chi connectivity index (χ1n) is 6.78. The van der Waals surface area contributed by atoms with E-state index in [4.69, 9.17) is 0 Å². The van der Waals surface area contributed by atoms with Crippen molar-refractivity contribution in [1.82, 2.24) is 14.6 Å². The fourth-order valence-electron chi connectivity index (χ4n) is 2.28. The summed E-state index contributed by atoms with van der Waals surface area (Å²) in [7, 11) is 0. The van der Waals surface area contributed by atoms with Crippen LogP contribution in [0.5, 0.6) is 0 Å². The highest BCUT2D eigenvalue weighted by atomic mass is 16.1. The number of hydrogen-bond acceptors (Lipinski definition) is 4. The summed E-state index contributed by atoms with van der Waals surface area (Å²) in [5.74, 6) is -0.244. The van der Waals surface area contributed by atoms with Crippen molar-refractivity contribution in [3.05, 3.63) is 53.5 Å². The third-order valence-corrected chi connectivity index (χ3v) is 3.33. The quantitative estimate of drug-likeness (QED) is 0.755. The van der Waals surface area contributed by atoms with Gasteiger partial charge in [0.05, 0.1) is 11.9 Å². The lowest BCUT2D eigenvalue weighted by Crippen LogP contribution is -2.12. The van der Waals surface area contributed by atoms with E-state index in [2.05, 4.69) is 27.1 Å². The smallest absolute Gasteiger partial charge is 0.261 e. The van der Waals surface area contributed by atoms with Gasteiger partial charge in [-0.15, -0.1) is 0 Å². The van der Waals surface area contributed by atoms with Gasteiger partial charge in [-0.25, -0.2) is 9.50 Å². The van der Waals surface area contributed by atoms with E-state index in [0.717, 1.165) is 17.1 Å². The first kappa shape index (κ1) is 13.9. The van der Waals surface area contributed by atoms with Gasteiger partial charge in [0.2, 0.25) is 0 Å². The molecule has 6 nitrogen and oxygen atoms in total. The second kappa shape index (κ2) is 5.40. The molecular weight excluding hydrogens is 278 g/mol. The Morgan fingerprint density at radius 1 is 1.27 bits per heavy atom. The summed E-state index contributed by atoms with van der Waals surface area (Å²) in [6.45, 7) is 7.28. The molecule has 3 aromatic rings. The van der Waals surface area contributed by atoms with E-state index in [1.807, 2.05) is 19.9 Å². The number of carbonyl (C=O) groups excluding carboxylic acids is 1. The number of rotatable bonds is 3. The van der Waals surface area contributed by atoms with Crippen molar-refractivity contribution in [3.8, 4) is 0 Å².